The van der Waals surface area contributed by atoms with Gasteiger partial charge >= 0.3 is 0 Å². The topological polar surface area (TPSA) is 89.1 Å². The van der Waals surface area contributed by atoms with Gasteiger partial charge in [-0.15, -0.1) is 0 Å². The molecule has 5 rings (SSSR count). The van der Waals surface area contributed by atoms with Gasteiger partial charge in [0.25, 0.3) is 5.91 Å². The van der Waals surface area contributed by atoms with Gasteiger partial charge in [-0.05, 0) is 101 Å². The van der Waals surface area contributed by atoms with Gasteiger partial charge in [-0.25, -0.2) is 17.5 Å². The first kappa shape index (κ1) is 33.3. The minimum absolute atomic E-state index is 0.00663. The smallest absolute Gasteiger partial charge is 0.256 e. The quantitative estimate of drug-likeness (QED) is 0.407. The van der Waals surface area contributed by atoms with Gasteiger partial charge < -0.3 is 14.7 Å². The molecule has 1 aromatic heterocycles. The van der Waals surface area contributed by atoms with Crippen molar-refractivity contribution in [3.63, 3.8) is 0 Å². The summed E-state index contributed by atoms with van der Waals surface area (Å²) in [4.78, 5) is 27.0. The fraction of sp³-hybridized carbons (Fsp3) is 0.588. The molecule has 11 heteroatoms. The molecule has 2 aromatic rings. The summed E-state index contributed by atoms with van der Waals surface area (Å²) in [5.41, 5.74) is 3.23. The number of allylic oxidation sites excluding steroid dienone is 1. The van der Waals surface area contributed by atoms with Crippen molar-refractivity contribution in [1.82, 2.24) is 24.4 Å². The number of fused-ring (bicyclic) bond motifs is 1. The lowest BCUT2D eigenvalue weighted by atomic mass is 9.86. The molecule has 1 aliphatic carbocycles. The number of nitrogens with one attached hydrogen (secondary N) is 1. The first-order chi connectivity index (χ1) is 21.5. The van der Waals surface area contributed by atoms with Crippen LogP contribution in [0.5, 0.6) is 0 Å². The van der Waals surface area contributed by atoms with Gasteiger partial charge in [0.2, 0.25) is 10.0 Å². The molecule has 0 radical (unpaired) electrons. The molecule has 45 heavy (non-hydrogen) atoms. The number of halogens is 1. The van der Waals surface area contributed by atoms with Crippen LogP contribution in [-0.4, -0.2) is 91.1 Å². The average Bonchev–Trinajstić information content (AvgIpc) is 3.20. The highest BCUT2D eigenvalue weighted by molar-refractivity contribution is 7.88. The zero-order valence-electron chi connectivity index (χ0n) is 27.2. The van der Waals surface area contributed by atoms with Gasteiger partial charge in [-0.1, -0.05) is 6.08 Å². The second-order valence-electron chi connectivity index (χ2n) is 13.1. The maximum absolute atomic E-state index is 14.5. The molecule has 2 aliphatic heterocycles. The molecule has 3 aliphatic rings. The Bertz CT molecular complexity index is 1450. The van der Waals surface area contributed by atoms with E-state index >= 15 is 0 Å². The monoisotopic (exact) mass is 640 g/mol. The van der Waals surface area contributed by atoms with Gasteiger partial charge in [-0.2, -0.15) is 0 Å². The predicted octanol–water partition coefficient (Wildman–Crippen LogP) is 5.13. The van der Waals surface area contributed by atoms with E-state index in [2.05, 4.69) is 42.7 Å². The number of benzene rings is 1. The highest BCUT2D eigenvalue weighted by atomic mass is 32.2. The summed E-state index contributed by atoms with van der Waals surface area (Å²) in [6.07, 6.45) is 15.4. The summed E-state index contributed by atoms with van der Waals surface area (Å²) in [5.74, 6) is -0.0787. The molecule has 246 valence electrons. The number of anilines is 2. The normalized spacial score (nSPS) is 22.1. The van der Waals surface area contributed by atoms with Crippen molar-refractivity contribution in [2.45, 2.75) is 84.0 Å². The van der Waals surface area contributed by atoms with Crippen LogP contribution in [0.25, 0.3) is 0 Å². The number of amides is 1. The van der Waals surface area contributed by atoms with E-state index in [0.717, 1.165) is 81.6 Å². The van der Waals surface area contributed by atoms with E-state index in [-0.39, 0.29) is 18.0 Å². The Labute approximate surface area is 268 Å². The van der Waals surface area contributed by atoms with Gasteiger partial charge in [0.15, 0.2) is 0 Å². The van der Waals surface area contributed by atoms with Gasteiger partial charge in [0.1, 0.15) is 5.82 Å². The van der Waals surface area contributed by atoms with E-state index in [0.29, 0.717) is 30.6 Å². The Hall–Kier alpha value is -3.02. The first-order valence-corrected chi connectivity index (χ1v) is 18.4. The molecule has 1 saturated carbocycles. The SMILES string of the molecule is CCN(C(=O)c1cc(F)ccc1N1CCN(C2CCN(/C=C/[C@H]3CC[C@H](NS(C)(=O)=O)CC3)CC2)Cc2ccncc21)C(C)C. The van der Waals surface area contributed by atoms with E-state index in [4.69, 9.17) is 0 Å². The van der Waals surface area contributed by atoms with E-state index in [9.17, 15) is 17.6 Å². The summed E-state index contributed by atoms with van der Waals surface area (Å²) in [6.45, 7) is 10.8. The number of sulfonamides is 1. The Morgan fingerprint density at radius 3 is 2.47 bits per heavy atom. The van der Waals surface area contributed by atoms with Crippen molar-refractivity contribution in [1.29, 1.82) is 0 Å². The van der Waals surface area contributed by atoms with E-state index in [1.165, 1.54) is 18.4 Å². The molecule has 1 aromatic carbocycles. The van der Waals surface area contributed by atoms with Crippen LogP contribution in [0.3, 0.4) is 0 Å². The molecule has 1 saturated heterocycles. The molecule has 0 bridgehead atoms. The third kappa shape index (κ3) is 8.42. The molecule has 9 nitrogen and oxygen atoms in total. The second kappa shape index (κ2) is 14.6. The van der Waals surface area contributed by atoms with Crippen molar-refractivity contribution in [3.8, 4) is 0 Å². The third-order valence-electron chi connectivity index (χ3n) is 9.60. The lowest BCUT2D eigenvalue weighted by Gasteiger charge is -2.38. The Balaban J connectivity index is 1.24. The van der Waals surface area contributed by atoms with Gasteiger partial charge in [0.05, 0.1) is 29.4 Å². The molecule has 1 amide bonds. The fourth-order valence-electron chi connectivity index (χ4n) is 7.19. The van der Waals surface area contributed by atoms with Gasteiger partial charge in [-0.3, -0.25) is 14.7 Å². The number of likely N-dealkylation sites (tertiary alicyclic amines) is 1. The summed E-state index contributed by atoms with van der Waals surface area (Å²) in [7, 11) is -3.15. The number of piperidine rings is 1. The largest absolute Gasteiger partial charge is 0.378 e. The Morgan fingerprint density at radius 1 is 1.07 bits per heavy atom. The van der Waals surface area contributed by atoms with Crippen molar-refractivity contribution in [3.05, 3.63) is 65.9 Å². The lowest BCUT2D eigenvalue weighted by Crippen LogP contribution is -2.44. The lowest BCUT2D eigenvalue weighted by molar-refractivity contribution is 0.0717. The number of carbonyl (C=O) groups excluding carboxylic acids is 1. The number of hydrogen-bond donors (Lipinski definition) is 1. The van der Waals surface area contributed by atoms with Crippen molar-refractivity contribution < 1.29 is 17.6 Å². The molecule has 0 spiro atoms. The standard InChI is InChI=1S/C34H49FN6O3S/c1-5-40(25(2)3)34(42)31-22-28(35)8-11-32(31)41-21-20-39(24-27-12-16-36-23-33(27)41)30-14-18-38(19-15-30)17-13-26-6-9-29(10-7-26)37-45(4,43)44/h8,11-13,16-17,22-23,25-26,29-30,37H,5-7,9-10,14-15,18-21,24H2,1-4H3/b17-13+/t26-,29-. The van der Waals surface area contributed by atoms with Crippen molar-refractivity contribution in [2.24, 2.45) is 5.92 Å². The molecule has 2 fully saturated rings. The maximum Gasteiger partial charge on any atom is 0.256 e. The van der Waals surface area contributed by atoms with Crippen LogP contribution in [-0.2, 0) is 16.6 Å². The molecule has 0 atom stereocenters. The van der Waals surface area contributed by atoms with Crippen molar-refractivity contribution >= 4 is 27.3 Å². The number of nitrogens with zero attached hydrogens (tertiary/aromatic N) is 5. The van der Waals surface area contributed by atoms with Crippen LogP contribution in [0.2, 0.25) is 0 Å². The van der Waals surface area contributed by atoms with Crippen LogP contribution in [0, 0.1) is 11.7 Å². The summed E-state index contributed by atoms with van der Waals surface area (Å²) >= 11 is 0. The number of hydrogen-bond acceptors (Lipinski definition) is 7. The summed E-state index contributed by atoms with van der Waals surface area (Å²) in [6, 6.07) is 7.14. The van der Waals surface area contributed by atoms with Crippen LogP contribution in [0.15, 0.2) is 48.9 Å². The average molecular weight is 641 g/mol. The Kier molecular flexibility index (Phi) is 10.8. The van der Waals surface area contributed by atoms with E-state index < -0.39 is 15.8 Å². The third-order valence-corrected chi connectivity index (χ3v) is 10.4. The van der Waals surface area contributed by atoms with Crippen molar-refractivity contribution in [2.75, 3.05) is 43.9 Å². The summed E-state index contributed by atoms with van der Waals surface area (Å²) in [5, 5.41) is 0. The number of aromatic nitrogens is 1. The zero-order chi connectivity index (χ0) is 32.1. The summed E-state index contributed by atoms with van der Waals surface area (Å²) < 4.78 is 40.4. The van der Waals surface area contributed by atoms with Gasteiger partial charge in [0, 0.05) is 63.6 Å². The number of carbonyl (C=O) groups is 1. The predicted molar refractivity (Wildman–Crippen MR) is 177 cm³/mol. The highest BCUT2D eigenvalue weighted by Gasteiger charge is 2.31. The van der Waals surface area contributed by atoms with Crippen LogP contribution >= 0.6 is 0 Å². The maximum atomic E-state index is 14.5. The molecular formula is C34H49FN6O3S. The molecule has 3 heterocycles. The minimum Gasteiger partial charge on any atom is -0.378 e. The van der Waals surface area contributed by atoms with E-state index in [1.807, 2.05) is 33.2 Å². The number of pyridine rings is 1. The molecule has 1 N–H and O–H groups in total. The number of rotatable bonds is 9. The zero-order valence-corrected chi connectivity index (χ0v) is 28.0. The van der Waals surface area contributed by atoms with Crippen LogP contribution < -0.4 is 9.62 Å². The minimum atomic E-state index is -3.15. The van der Waals surface area contributed by atoms with Crippen LogP contribution in [0.1, 0.15) is 75.2 Å². The fourth-order valence-corrected chi connectivity index (χ4v) is 8.03. The first-order valence-electron chi connectivity index (χ1n) is 16.5. The Morgan fingerprint density at radius 2 is 1.80 bits per heavy atom. The van der Waals surface area contributed by atoms with Crippen LogP contribution in [0.4, 0.5) is 15.8 Å². The van der Waals surface area contributed by atoms with E-state index in [1.54, 1.807) is 11.0 Å². The highest BCUT2D eigenvalue weighted by Crippen LogP contribution is 2.36. The second-order valence-corrected chi connectivity index (χ2v) is 14.9. The molecular weight excluding hydrogens is 591 g/mol. The molecule has 0 unspecified atom stereocenters.